The smallest absolute Gasteiger partial charge is 0.255 e. The molecule has 1 aliphatic rings. The third-order valence-corrected chi connectivity index (χ3v) is 3.56. The molecule has 0 radical (unpaired) electrons. The molecule has 0 bridgehead atoms. The summed E-state index contributed by atoms with van der Waals surface area (Å²) in [7, 11) is 0. The van der Waals surface area contributed by atoms with Crippen molar-refractivity contribution in [2.45, 2.75) is 13.0 Å². The van der Waals surface area contributed by atoms with Crippen molar-refractivity contribution in [3.8, 4) is 5.75 Å². The van der Waals surface area contributed by atoms with Crippen LogP contribution in [0.25, 0.3) is 0 Å². The summed E-state index contributed by atoms with van der Waals surface area (Å²) >= 11 is 0. The number of benzene rings is 2. The number of hydrogen-bond acceptors (Lipinski definition) is 3. The monoisotopic (exact) mass is 286 g/mol. The lowest BCUT2D eigenvalue weighted by Crippen LogP contribution is -2.24. The van der Waals surface area contributed by atoms with E-state index in [2.05, 4.69) is 10.6 Å². The Balaban J connectivity index is 1.80. The minimum absolute atomic E-state index is 0.298. The van der Waals surface area contributed by atoms with Gasteiger partial charge in [-0.3, -0.25) is 4.79 Å². The number of fused-ring (bicyclic) bond motifs is 1. The number of rotatable bonds is 2. The topological polar surface area (TPSA) is 61.4 Å². The zero-order valence-electron chi connectivity index (χ0n) is 11.3. The maximum Gasteiger partial charge on any atom is 0.255 e. The van der Waals surface area contributed by atoms with Crippen LogP contribution in [0.5, 0.6) is 5.75 Å². The molecule has 0 aromatic heterocycles. The number of phenols is 1. The first-order chi connectivity index (χ1) is 10.1. The second kappa shape index (κ2) is 5.54. The molecule has 0 atom stereocenters. The van der Waals surface area contributed by atoms with E-state index >= 15 is 0 Å². The van der Waals surface area contributed by atoms with Crippen molar-refractivity contribution in [1.82, 2.24) is 5.32 Å². The second-order valence-electron chi connectivity index (χ2n) is 5.03. The first-order valence-electron chi connectivity index (χ1n) is 6.76. The van der Waals surface area contributed by atoms with Gasteiger partial charge in [0.05, 0.1) is 0 Å². The van der Waals surface area contributed by atoms with Gasteiger partial charge in [-0.15, -0.1) is 0 Å². The van der Waals surface area contributed by atoms with Crippen LogP contribution in [0, 0.1) is 5.82 Å². The van der Waals surface area contributed by atoms with Crippen LogP contribution in [0.15, 0.2) is 36.4 Å². The molecule has 1 amide bonds. The SMILES string of the molecule is O=C(Nc1ccc(O)c(F)c1)c1ccc2c(c1)CNCC2. The van der Waals surface area contributed by atoms with E-state index in [-0.39, 0.29) is 5.91 Å². The number of carbonyl (C=O) groups excluding carboxylic acids is 1. The number of phenolic OH excluding ortho intramolecular Hbond substituents is 1. The van der Waals surface area contributed by atoms with Gasteiger partial charge >= 0.3 is 0 Å². The standard InChI is InChI=1S/C16H15FN2O2/c17-14-8-13(3-4-15(14)20)19-16(21)11-2-1-10-5-6-18-9-12(10)7-11/h1-4,7-8,18,20H,5-6,9H2,(H,19,21). The van der Waals surface area contributed by atoms with Crippen LogP contribution >= 0.6 is 0 Å². The molecule has 2 aromatic carbocycles. The maximum atomic E-state index is 13.2. The van der Waals surface area contributed by atoms with Gasteiger partial charge in [-0.1, -0.05) is 6.07 Å². The summed E-state index contributed by atoms with van der Waals surface area (Å²) in [5.74, 6) is -1.50. The summed E-state index contributed by atoms with van der Waals surface area (Å²) in [4.78, 5) is 12.2. The molecule has 108 valence electrons. The quantitative estimate of drug-likeness (QED) is 0.743. The van der Waals surface area contributed by atoms with Crippen molar-refractivity contribution in [3.63, 3.8) is 0 Å². The number of aromatic hydroxyl groups is 1. The molecule has 1 heterocycles. The van der Waals surface area contributed by atoms with Gasteiger partial charge in [0.1, 0.15) is 0 Å². The highest BCUT2D eigenvalue weighted by Crippen LogP contribution is 2.21. The minimum atomic E-state index is -0.762. The van der Waals surface area contributed by atoms with E-state index in [0.29, 0.717) is 11.3 Å². The van der Waals surface area contributed by atoms with E-state index in [1.165, 1.54) is 17.7 Å². The Kier molecular flexibility index (Phi) is 3.58. The molecule has 3 N–H and O–H groups in total. The van der Waals surface area contributed by atoms with Gasteiger partial charge in [-0.25, -0.2) is 4.39 Å². The summed E-state index contributed by atoms with van der Waals surface area (Å²) in [6.45, 7) is 1.70. The molecule has 0 spiro atoms. The molecular formula is C16H15FN2O2. The van der Waals surface area contributed by atoms with E-state index in [1.807, 2.05) is 12.1 Å². The molecule has 4 nitrogen and oxygen atoms in total. The van der Waals surface area contributed by atoms with Gasteiger partial charge < -0.3 is 15.7 Å². The molecule has 0 unspecified atom stereocenters. The van der Waals surface area contributed by atoms with E-state index in [4.69, 9.17) is 5.11 Å². The third kappa shape index (κ3) is 2.87. The molecule has 5 heteroatoms. The third-order valence-electron chi connectivity index (χ3n) is 3.56. The number of amides is 1. The molecule has 0 saturated heterocycles. The molecule has 1 aliphatic heterocycles. The molecule has 0 aliphatic carbocycles. The van der Waals surface area contributed by atoms with Crippen molar-refractivity contribution < 1.29 is 14.3 Å². The van der Waals surface area contributed by atoms with Gasteiger partial charge in [0, 0.05) is 23.9 Å². The van der Waals surface area contributed by atoms with Crippen LogP contribution in [0.1, 0.15) is 21.5 Å². The normalized spacial score (nSPS) is 13.6. The minimum Gasteiger partial charge on any atom is -0.505 e. The predicted molar refractivity (Wildman–Crippen MR) is 77.9 cm³/mol. The van der Waals surface area contributed by atoms with Gasteiger partial charge in [0.2, 0.25) is 0 Å². The average Bonchev–Trinajstić information content (AvgIpc) is 2.50. The molecule has 3 rings (SSSR count). The number of anilines is 1. The molecule has 2 aromatic rings. The lowest BCUT2D eigenvalue weighted by Gasteiger charge is -2.17. The van der Waals surface area contributed by atoms with E-state index in [0.717, 1.165) is 31.1 Å². The summed E-state index contributed by atoms with van der Waals surface area (Å²) in [6.07, 6.45) is 0.959. The highest BCUT2D eigenvalue weighted by atomic mass is 19.1. The molecule has 0 fully saturated rings. The van der Waals surface area contributed by atoms with Crippen molar-refractivity contribution in [2.24, 2.45) is 0 Å². The van der Waals surface area contributed by atoms with Crippen LogP contribution in [-0.2, 0) is 13.0 Å². The van der Waals surface area contributed by atoms with Gasteiger partial charge in [0.25, 0.3) is 5.91 Å². The Morgan fingerprint density at radius 1 is 1.19 bits per heavy atom. The van der Waals surface area contributed by atoms with Crippen LogP contribution in [0.3, 0.4) is 0 Å². The van der Waals surface area contributed by atoms with Gasteiger partial charge in [-0.2, -0.15) is 0 Å². The summed E-state index contributed by atoms with van der Waals surface area (Å²) < 4.78 is 13.2. The Hall–Kier alpha value is -2.40. The Labute approximate surface area is 121 Å². The fraction of sp³-hybridized carbons (Fsp3) is 0.188. The second-order valence-corrected chi connectivity index (χ2v) is 5.03. The zero-order valence-corrected chi connectivity index (χ0v) is 11.3. The number of carbonyl (C=O) groups is 1. The molecular weight excluding hydrogens is 271 g/mol. The van der Waals surface area contributed by atoms with Crippen LogP contribution in [-0.4, -0.2) is 17.6 Å². The maximum absolute atomic E-state index is 13.2. The summed E-state index contributed by atoms with van der Waals surface area (Å²) in [5.41, 5.74) is 3.21. The fourth-order valence-corrected chi connectivity index (χ4v) is 2.41. The van der Waals surface area contributed by atoms with Crippen molar-refractivity contribution in [2.75, 3.05) is 11.9 Å². The fourth-order valence-electron chi connectivity index (χ4n) is 2.41. The Morgan fingerprint density at radius 2 is 2.05 bits per heavy atom. The summed E-state index contributed by atoms with van der Waals surface area (Å²) in [5, 5.41) is 15.0. The first-order valence-corrected chi connectivity index (χ1v) is 6.76. The van der Waals surface area contributed by atoms with Crippen molar-refractivity contribution in [3.05, 3.63) is 58.9 Å². The van der Waals surface area contributed by atoms with Crippen molar-refractivity contribution >= 4 is 11.6 Å². The Morgan fingerprint density at radius 3 is 2.86 bits per heavy atom. The van der Waals surface area contributed by atoms with Crippen molar-refractivity contribution in [1.29, 1.82) is 0 Å². The van der Waals surface area contributed by atoms with Gasteiger partial charge in [-0.05, 0) is 48.4 Å². The van der Waals surface area contributed by atoms with Crippen LogP contribution in [0.2, 0.25) is 0 Å². The predicted octanol–water partition coefficient (Wildman–Crippen LogP) is 2.43. The molecule has 0 saturated carbocycles. The number of nitrogens with one attached hydrogen (secondary N) is 2. The highest BCUT2D eigenvalue weighted by molar-refractivity contribution is 6.04. The first kappa shape index (κ1) is 13.6. The Bertz CT molecular complexity index is 701. The zero-order chi connectivity index (χ0) is 14.8. The number of hydrogen-bond donors (Lipinski definition) is 3. The molecule has 21 heavy (non-hydrogen) atoms. The highest BCUT2D eigenvalue weighted by Gasteiger charge is 2.13. The lowest BCUT2D eigenvalue weighted by molar-refractivity contribution is 0.102. The van der Waals surface area contributed by atoms with E-state index in [1.54, 1.807) is 6.07 Å². The largest absolute Gasteiger partial charge is 0.505 e. The number of halogens is 1. The van der Waals surface area contributed by atoms with Gasteiger partial charge in [0.15, 0.2) is 11.6 Å². The van der Waals surface area contributed by atoms with Crippen LogP contribution in [0.4, 0.5) is 10.1 Å². The average molecular weight is 286 g/mol. The summed E-state index contributed by atoms with van der Waals surface area (Å²) in [6, 6.07) is 9.34. The van der Waals surface area contributed by atoms with E-state index < -0.39 is 11.6 Å². The van der Waals surface area contributed by atoms with Crippen LogP contribution < -0.4 is 10.6 Å². The lowest BCUT2D eigenvalue weighted by atomic mass is 9.98. The van der Waals surface area contributed by atoms with E-state index in [9.17, 15) is 9.18 Å².